The number of hydrogen-bond acceptors (Lipinski definition) is 1. The fourth-order valence-electron chi connectivity index (χ4n) is 4.30. The van der Waals surface area contributed by atoms with Gasteiger partial charge in [-0.25, -0.2) is 0 Å². The van der Waals surface area contributed by atoms with E-state index in [-0.39, 0.29) is 11.9 Å². The van der Waals surface area contributed by atoms with Gasteiger partial charge in [0.05, 0.1) is 0 Å². The Morgan fingerprint density at radius 2 is 0.903 bits per heavy atom. The summed E-state index contributed by atoms with van der Waals surface area (Å²) in [5.74, 6) is -0.00371. The predicted octanol–water partition coefficient (Wildman–Crippen LogP) is 9.67. The van der Waals surface area contributed by atoms with Crippen LogP contribution in [-0.4, -0.2) is 11.9 Å². The van der Waals surface area contributed by atoms with Crippen molar-refractivity contribution in [3.05, 3.63) is 12.2 Å². The molecule has 0 radical (unpaired) electrons. The van der Waals surface area contributed by atoms with Crippen LogP contribution in [0, 0.1) is 0 Å². The van der Waals surface area contributed by atoms with Gasteiger partial charge in [0, 0.05) is 11.6 Å². The summed E-state index contributed by atoms with van der Waals surface area (Å²) in [5.41, 5.74) is 0.602. The van der Waals surface area contributed by atoms with E-state index in [2.05, 4.69) is 25.7 Å². The molecular formula is C29H57NO. The van der Waals surface area contributed by atoms with E-state index in [1.165, 1.54) is 135 Å². The van der Waals surface area contributed by atoms with Crippen molar-refractivity contribution in [2.75, 3.05) is 0 Å². The molecule has 2 heteroatoms. The van der Waals surface area contributed by atoms with E-state index in [0.717, 1.165) is 6.42 Å². The molecule has 0 heterocycles. The number of rotatable bonds is 24. The van der Waals surface area contributed by atoms with Crippen LogP contribution >= 0.6 is 0 Å². The molecule has 0 aliphatic heterocycles. The molecular weight excluding hydrogens is 378 g/mol. The molecule has 184 valence electrons. The maximum atomic E-state index is 11.6. The second-order valence-electron chi connectivity index (χ2n) is 10.0. The lowest BCUT2D eigenvalue weighted by molar-refractivity contribution is -0.118. The molecule has 0 aliphatic carbocycles. The van der Waals surface area contributed by atoms with Crippen LogP contribution in [0.3, 0.4) is 0 Å². The fourth-order valence-corrected chi connectivity index (χ4v) is 4.30. The van der Waals surface area contributed by atoms with Crippen LogP contribution in [0.15, 0.2) is 12.2 Å². The second-order valence-corrected chi connectivity index (χ2v) is 10.0. The quantitative estimate of drug-likeness (QED) is 0.119. The van der Waals surface area contributed by atoms with Gasteiger partial charge < -0.3 is 5.32 Å². The molecule has 31 heavy (non-hydrogen) atoms. The molecule has 1 N–H and O–H groups in total. The van der Waals surface area contributed by atoms with Crippen LogP contribution in [0.5, 0.6) is 0 Å². The smallest absolute Gasteiger partial charge is 0.246 e. The molecule has 1 unspecified atom stereocenters. The summed E-state index contributed by atoms with van der Waals surface area (Å²) in [6.07, 6.45) is 30.9. The summed E-state index contributed by atoms with van der Waals surface area (Å²) in [5, 5.41) is 3.00. The first-order valence-electron chi connectivity index (χ1n) is 14.0. The van der Waals surface area contributed by atoms with Crippen LogP contribution in [0.25, 0.3) is 0 Å². The van der Waals surface area contributed by atoms with Crippen molar-refractivity contribution in [1.29, 1.82) is 0 Å². The summed E-state index contributed by atoms with van der Waals surface area (Å²) >= 11 is 0. The van der Waals surface area contributed by atoms with E-state index in [4.69, 9.17) is 0 Å². The van der Waals surface area contributed by atoms with Crippen molar-refractivity contribution in [2.45, 2.75) is 168 Å². The van der Waals surface area contributed by atoms with Gasteiger partial charge in [0.15, 0.2) is 0 Å². The predicted molar refractivity (Wildman–Crippen MR) is 140 cm³/mol. The summed E-state index contributed by atoms with van der Waals surface area (Å²) < 4.78 is 0. The second kappa shape index (κ2) is 23.9. The van der Waals surface area contributed by atoms with Crippen LogP contribution in [-0.2, 0) is 4.79 Å². The monoisotopic (exact) mass is 435 g/mol. The number of carbonyl (C=O) groups excluding carboxylic acids is 1. The Labute approximate surface area is 196 Å². The van der Waals surface area contributed by atoms with Gasteiger partial charge in [-0.3, -0.25) is 4.79 Å². The van der Waals surface area contributed by atoms with Gasteiger partial charge in [-0.1, -0.05) is 148 Å². The van der Waals surface area contributed by atoms with E-state index >= 15 is 0 Å². The third-order valence-corrected chi connectivity index (χ3v) is 6.51. The maximum Gasteiger partial charge on any atom is 0.246 e. The Morgan fingerprint density at radius 1 is 0.613 bits per heavy atom. The molecule has 0 bridgehead atoms. The van der Waals surface area contributed by atoms with E-state index in [0.29, 0.717) is 5.57 Å². The van der Waals surface area contributed by atoms with E-state index in [1.54, 1.807) is 6.92 Å². The zero-order valence-electron chi connectivity index (χ0n) is 21.7. The molecule has 0 spiro atoms. The summed E-state index contributed by atoms with van der Waals surface area (Å²) in [7, 11) is 0. The molecule has 0 aromatic rings. The molecule has 0 aromatic heterocycles. The number of carbonyl (C=O) groups is 1. The van der Waals surface area contributed by atoms with Crippen LogP contribution in [0.1, 0.15) is 162 Å². The molecule has 1 atom stereocenters. The van der Waals surface area contributed by atoms with Crippen LogP contribution in [0.2, 0.25) is 0 Å². The molecule has 1 amide bonds. The van der Waals surface area contributed by atoms with Gasteiger partial charge in [0.2, 0.25) is 5.91 Å². The van der Waals surface area contributed by atoms with E-state index in [1.807, 2.05) is 0 Å². The zero-order chi connectivity index (χ0) is 23.0. The third-order valence-electron chi connectivity index (χ3n) is 6.51. The Hall–Kier alpha value is -0.790. The minimum atomic E-state index is -0.00371. The highest BCUT2D eigenvalue weighted by molar-refractivity contribution is 5.92. The van der Waals surface area contributed by atoms with Crippen molar-refractivity contribution >= 4 is 5.91 Å². The molecule has 0 saturated carbocycles. The SMILES string of the molecule is C=C(C)C(=O)NC(C)CCCCCCCCCCCCCCCCCCCCCCC. The fraction of sp³-hybridized carbons (Fsp3) is 0.897. The van der Waals surface area contributed by atoms with Gasteiger partial charge in [0.1, 0.15) is 0 Å². The lowest BCUT2D eigenvalue weighted by atomic mass is 10.0. The summed E-state index contributed by atoms with van der Waals surface area (Å²) in [6, 6.07) is 0.268. The van der Waals surface area contributed by atoms with Gasteiger partial charge in [-0.15, -0.1) is 0 Å². The number of amides is 1. The Kier molecular flexibility index (Phi) is 23.3. The number of nitrogens with one attached hydrogen (secondary N) is 1. The lowest BCUT2D eigenvalue weighted by Gasteiger charge is -2.13. The highest BCUT2D eigenvalue weighted by atomic mass is 16.1. The maximum absolute atomic E-state index is 11.6. The normalized spacial score (nSPS) is 12.1. The van der Waals surface area contributed by atoms with Crippen molar-refractivity contribution in [3.8, 4) is 0 Å². The average molecular weight is 436 g/mol. The first kappa shape index (κ1) is 30.2. The molecule has 0 fully saturated rings. The van der Waals surface area contributed by atoms with Crippen molar-refractivity contribution in [2.24, 2.45) is 0 Å². The van der Waals surface area contributed by atoms with Crippen LogP contribution < -0.4 is 5.32 Å². The number of unbranched alkanes of at least 4 members (excludes halogenated alkanes) is 20. The highest BCUT2D eigenvalue weighted by Crippen LogP contribution is 2.15. The molecule has 0 aromatic carbocycles. The van der Waals surface area contributed by atoms with Gasteiger partial charge >= 0.3 is 0 Å². The Bertz CT molecular complexity index is 404. The van der Waals surface area contributed by atoms with Gasteiger partial charge in [-0.05, 0) is 20.3 Å². The zero-order valence-corrected chi connectivity index (χ0v) is 21.7. The first-order valence-corrected chi connectivity index (χ1v) is 14.0. The van der Waals surface area contributed by atoms with Crippen molar-refractivity contribution < 1.29 is 4.79 Å². The highest BCUT2D eigenvalue weighted by Gasteiger charge is 2.06. The minimum absolute atomic E-state index is 0.00371. The number of hydrogen-bond donors (Lipinski definition) is 1. The van der Waals surface area contributed by atoms with Gasteiger partial charge in [-0.2, -0.15) is 0 Å². The molecule has 0 aliphatic rings. The topological polar surface area (TPSA) is 29.1 Å². The summed E-state index contributed by atoms with van der Waals surface area (Å²) in [4.78, 5) is 11.6. The Morgan fingerprint density at radius 3 is 1.19 bits per heavy atom. The van der Waals surface area contributed by atoms with Crippen molar-refractivity contribution in [3.63, 3.8) is 0 Å². The van der Waals surface area contributed by atoms with Crippen LogP contribution in [0.4, 0.5) is 0 Å². The van der Waals surface area contributed by atoms with Gasteiger partial charge in [0.25, 0.3) is 0 Å². The molecule has 0 saturated heterocycles. The molecule has 2 nitrogen and oxygen atoms in total. The minimum Gasteiger partial charge on any atom is -0.350 e. The van der Waals surface area contributed by atoms with Crippen molar-refractivity contribution in [1.82, 2.24) is 5.32 Å². The third kappa shape index (κ3) is 23.7. The largest absolute Gasteiger partial charge is 0.350 e. The first-order chi connectivity index (χ1) is 15.1. The lowest BCUT2D eigenvalue weighted by Crippen LogP contribution is -2.32. The Balaban J connectivity index is 3.14. The summed E-state index contributed by atoms with van der Waals surface area (Å²) in [6.45, 7) is 9.84. The van der Waals surface area contributed by atoms with E-state index < -0.39 is 0 Å². The standard InChI is InChI=1S/C29H57NO/c1-5-6-7-8-9-10-11-12-13-14-15-16-17-18-19-20-21-22-23-24-25-26-28(4)30-29(31)27(2)3/h28H,2,5-26H2,1,3-4H3,(H,30,31). The average Bonchev–Trinajstić information content (AvgIpc) is 2.74. The molecule has 0 rings (SSSR count). The van der Waals surface area contributed by atoms with E-state index in [9.17, 15) is 4.79 Å².